The minimum atomic E-state index is -0.244. The Labute approximate surface area is 139 Å². The number of hydrogen-bond donors (Lipinski definition) is 3. The van der Waals surface area contributed by atoms with E-state index in [-0.39, 0.29) is 24.8 Å². The summed E-state index contributed by atoms with van der Waals surface area (Å²) in [6.45, 7) is 2.24. The molecule has 4 N–H and O–H groups in total. The van der Waals surface area contributed by atoms with Gasteiger partial charge >= 0.3 is 0 Å². The second-order valence-corrected chi connectivity index (χ2v) is 5.51. The van der Waals surface area contributed by atoms with E-state index in [4.69, 9.17) is 17.3 Å². The van der Waals surface area contributed by atoms with Crippen molar-refractivity contribution in [3.05, 3.63) is 58.6 Å². The van der Waals surface area contributed by atoms with E-state index in [1.165, 1.54) is 0 Å². The van der Waals surface area contributed by atoms with Gasteiger partial charge in [0.15, 0.2) is 0 Å². The van der Waals surface area contributed by atoms with Gasteiger partial charge in [-0.1, -0.05) is 29.3 Å². The molecule has 0 bridgehead atoms. The predicted molar refractivity (Wildman–Crippen MR) is 92.9 cm³/mol. The number of benzene rings is 2. The molecule has 0 atom stereocenters. The molecule has 5 nitrogen and oxygen atoms in total. The molecule has 2 amide bonds. The van der Waals surface area contributed by atoms with E-state index in [0.29, 0.717) is 22.0 Å². The summed E-state index contributed by atoms with van der Waals surface area (Å²) in [5.74, 6) is -0.424. The Morgan fingerprint density at radius 2 is 1.78 bits per heavy atom. The standard InChI is InChI=1S/C17H18ClN3O2/c1-11-2-4-12(5-3-11)17(23)21-15-7-6-13(10-14(15)18)20-16(22)8-9-19/h2-7,10H,8-9,19H2,1H3,(H,20,22)(H,21,23). The Morgan fingerprint density at radius 3 is 2.39 bits per heavy atom. The molecule has 0 aromatic heterocycles. The zero-order valence-electron chi connectivity index (χ0n) is 12.7. The first kappa shape index (κ1) is 17.0. The summed E-state index contributed by atoms with van der Waals surface area (Å²) in [7, 11) is 0. The number of nitrogens with two attached hydrogens (primary N) is 1. The zero-order valence-corrected chi connectivity index (χ0v) is 13.5. The quantitative estimate of drug-likeness (QED) is 0.786. The third-order valence-electron chi connectivity index (χ3n) is 3.19. The zero-order chi connectivity index (χ0) is 16.8. The van der Waals surface area contributed by atoms with Crippen LogP contribution >= 0.6 is 11.6 Å². The monoisotopic (exact) mass is 331 g/mol. The van der Waals surface area contributed by atoms with Gasteiger partial charge in [0.2, 0.25) is 5.91 Å². The molecule has 0 saturated heterocycles. The van der Waals surface area contributed by atoms with Crippen LogP contribution in [0.2, 0.25) is 5.02 Å². The molecule has 6 heteroatoms. The lowest BCUT2D eigenvalue weighted by molar-refractivity contribution is -0.116. The van der Waals surface area contributed by atoms with Crippen molar-refractivity contribution in [2.75, 3.05) is 17.2 Å². The molecule has 120 valence electrons. The van der Waals surface area contributed by atoms with Gasteiger partial charge in [-0.3, -0.25) is 9.59 Å². The van der Waals surface area contributed by atoms with Crippen LogP contribution in [-0.4, -0.2) is 18.4 Å². The highest BCUT2D eigenvalue weighted by atomic mass is 35.5. The van der Waals surface area contributed by atoms with Crippen LogP contribution in [0.4, 0.5) is 11.4 Å². The molecule has 2 rings (SSSR count). The molecular weight excluding hydrogens is 314 g/mol. The molecule has 0 aliphatic rings. The Hall–Kier alpha value is -2.37. The number of amides is 2. The second kappa shape index (κ2) is 7.76. The first-order valence-corrected chi connectivity index (χ1v) is 7.55. The molecule has 0 radical (unpaired) electrons. The number of nitrogens with one attached hydrogen (secondary N) is 2. The van der Waals surface area contributed by atoms with E-state index in [2.05, 4.69) is 10.6 Å². The van der Waals surface area contributed by atoms with Gasteiger partial charge in [-0.25, -0.2) is 0 Å². The molecule has 23 heavy (non-hydrogen) atoms. The SMILES string of the molecule is Cc1ccc(C(=O)Nc2ccc(NC(=O)CCN)cc2Cl)cc1. The fourth-order valence-corrected chi connectivity index (χ4v) is 2.18. The predicted octanol–water partition coefficient (Wildman–Crippen LogP) is 3.19. The molecule has 0 unspecified atom stereocenters. The van der Waals surface area contributed by atoms with Gasteiger partial charge in [-0.05, 0) is 37.3 Å². The van der Waals surface area contributed by atoms with E-state index in [0.717, 1.165) is 5.56 Å². The van der Waals surface area contributed by atoms with E-state index < -0.39 is 0 Å². The van der Waals surface area contributed by atoms with Crippen molar-refractivity contribution in [2.45, 2.75) is 13.3 Å². The van der Waals surface area contributed by atoms with Gasteiger partial charge in [-0.2, -0.15) is 0 Å². The number of carbonyl (C=O) groups excluding carboxylic acids is 2. The third kappa shape index (κ3) is 4.81. The molecule has 0 fully saturated rings. The fourth-order valence-electron chi connectivity index (χ4n) is 1.95. The fraction of sp³-hybridized carbons (Fsp3) is 0.176. The molecule has 0 aliphatic heterocycles. The van der Waals surface area contributed by atoms with Crippen LogP contribution in [0.25, 0.3) is 0 Å². The molecule has 2 aromatic rings. The number of carbonyl (C=O) groups is 2. The van der Waals surface area contributed by atoms with Crippen molar-refractivity contribution in [1.82, 2.24) is 0 Å². The van der Waals surface area contributed by atoms with Gasteiger partial charge in [0.05, 0.1) is 10.7 Å². The van der Waals surface area contributed by atoms with Crippen molar-refractivity contribution < 1.29 is 9.59 Å². The van der Waals surface area contributed by atoms with Crippen molar-refractivity contribution in [3.63, 3.8) is 0 Å². The van der Waals surface area contributed by atoms with Crippen LogP contribution in [0, 0.1) is 6.92 Å². The van der Waals surface area contributed by atoms with Crippen molar-refractivity contribution in [2.24, 2.45) is 5.73 Å². The Morgan fingerprint density at radius 1 is 1.09 bits per heavy atom. The maximum atomic E-state index is 12.2. The Bertz CT molecular complexity index is 714. The molecule has 2 aromatic carbocycles. The molecule has 0 saturated carbocycles. The average Bonchev–Trinajstić information content (AvgIpc) is 2.51. The number of halogens is 1. The summed E-state index contributed by atoms with van der Waals surface area (Å²) in [5.41, 5.74) is 7.99. The average molecular weight is 332 g/mol. The first-order chi connectivity index (χ1) is 11.0. The van der Waals surface area contributed by atoms with Gasteiger partial charge in [-0.15, -0.1) is 0 Å². The van der Waals surface area contributed by atoms with Crippen LogP contribution in [0.15, 0.2) is 42.5 Å². The number of rotatable bonds is 5. The van der Waals surface area contributed by atoms with Crippen LogP contribution < -0.4 is 16.4 Å². The Balaban J connectivity index is 2.07. The van der Waals surface area contributed by atoms with Gasteiger partial charge < -0.3 is 16.4 Å². The minimum absolute atomic E-state index is 0.181. The topological polar surface area (TPSA) is 84.2 Å². The van der Waals surface area contributed by atoms with Crippen molar-refractivity contribution in [1.29, 1.82) is 0 Å². The summed E-state index contributed by atoms with van der Waals surface area (Å²) in [6, 6.07) is 12.1. The molecular formula is C17H18ClN3O2. The van der Waals surface area contributed by atoms with Gasteiger partial charge in [0.1, 0.15) is 0 Å². The summed E-state index contributed by atoms with van der Waals surface area (Å²) in [5, 5.41) is 5.78. The normalized spacial score (nSPS) is 10.2. The van der Waals surface area contributed by atoms with Crippen molar-refractivity contribution >= 4 is 34.8 Å². The summed E-state index contributed by atoms with van der Waals surface area (Å²) >= 11 is 6.16. The largest absolute Gasteiger partial charge is 0.330 e. The van der Waals surface area contributed by atoms with Gasteiger partial charge in [0.25, 0.3) is 5.91 Å². The highest BCUT2D eigenvalue weighted by molar-refractivity contribution is 6.34. The second-order valence-electron chi connectivity index (χ2n) is 5.10. The van der Waals surface area contributed by atoms with E-state index in [1.54, 1.807) is 30.3 Å². The number of hydrogen-bond acceptors (Lipinski definition) is 3. The minimum Gasteiger partial charge on any atom is -0.330 e. The Kier molecular flexibility index (Phi) is 5.73. The summed E-state index contributed by atoms with van der Waals surface area (Å²) in [4.78, 5) is 23.7. The highest BCUT2D eigenvalue weighted by Crippen LogP contribution is 2.26. The highest BCUT2D eigenvalue weighted by Gasteiger charge is 2.09. The van der Waals surface area contributed by atoms with Crippen LogP contribution in [0.1, 0.15) is 22.3 Å². The summed E-state index contributed by atoms with van der Waals surface area (Å²) in [6.07, 6.45) is 0.240. The van der Waals surface area contributed by atoms with E-state index in [1.807, 2.05) is 19.1 Å². The molecule has 0 aliphatic carbocycles. The maximum Gasteiger partial charge on any atom is 0.255 e. The van der Waals surface area contributed by atoms with Gasteiger partial charge in [0, 0.05) is 24.2 Å². The molecule has 0 heterocycles. The van der Waals surface area contributed by atoms with Crippen LogP contribution in [-0.2, 0) is 4.79 Å². The number of aryl methyl sites for hydroxylation is 1. The lowest BCUT2D eigenvalue weighted by Crippen LogP contribution is -2.16. The van der Waals surface area contributed by atoms with Crippen molar-refractivity contribution in [3.8, 4) is 0 Å². The lowest BCUT2D eigenvalue weighted by atomic mass is 10.1. The van der Waals surface area contributed by atoms with E-state index >= 15 is 0 Å². The smallest absolute Gasteiger partial charge is 0.255 e. The van der Waals surface area contributed by atoms with Crippen LogP contribution in [0.3, 0.4) is 0 Å². The number of anilines is 2. The first-order valence-electron chi connectivity index (χ1n) is 7.17. The van der Waals surface area contributed by atoms with Crippen LogP contribution in [0.5, 0.6) is 0 Å². The third-order valence-corrected chi connectivity index (χ3v) is 3.50. The lowest BCUT2D eigenvalue weighted by Gasteiger charge is -2.10. The van der Waals surface area contributed by atoms with E-state index in [9.17, 15) is 9.59 Å². The molecule has 0 spiro atoms. The summed E-state index contributed by atoms with van der Waals surface area (Å²) < 4.78 is 0. The maximum absolute atomic E-state index is 12.2.